The van der Waals surface area contributed by atoms with Gasteiger partial charge in [-0.1, -0.05) is 23.7 Å². The minimum atomic E-state index is -0.279. The third-order valence-electron chi connectivity index (χ3n) is 4.45. The van der Waals surface area contributed by atoms with Crippen molar-refractivity contribution in [3.63, 3.8) is 0 Å². The predicted octanol–water partition coefficient (Wildman–Crippen LogP) is 3.91. The molecule has 1 aliphatic rings. The van der Waals surface area contributed by atoms with Gasteiger partial charge >= 0.3 is 0 Å². The molecule has 0 radical (unpaired) electrons. The third-order valence-corrected chi connectivity index (χ3v) is 5.46. The lowest BCUT2D eigenvalue weighted by Crippen LogP contribution is -2.26. The van der Waals surface area contributed by atoms with E-state index in [9.17, 15) is 4.79 Å². The van der Waals surface area contributed by atoms with Crippen LogP contribution in [-0.2, 0) is 16.6 Å². The van der Waals surface area contributed by atoms with Gasteiger partial charge in [-0.05, 0) is 24.6 Å². The summed E-state index contributed by atoms with van der Waals surface area (Å²) in [7, 11) is 1.85. The van der Waals surface area contributed by atoms with Gasteiger partial charge in [0.05, 0.1) is 17.3 Å². The van der Waals surface area contributed by atoms with Gasteiger partial charge in [0.15, 0.2) is 5.13 Å². The highest BCUT2D eigenvalue weighted by molar-refractivity contribution is 7.14. The zero-order valence-electron chi connectivity index (χ0n) is 14.1. The predicted molar refractivity (Wildman–Crippen MR) is 101 cm³/mol. The zero-order chi connectivity index (χ0) is 18.1. The number of hydrogen-bond acceptors (Lipinski definition) is 5. The van der Waals surface area contributed by atoms with Crippen LogP contribution in [0.5, 0.6) is 0 Å². The van der Waals surface area contributed by atoms with Gasteiger partial charge in [0, 0.05) is 35.8 Å². The van der Waals surface area contributed by atoms with E-state index in [1.807, 2.05) is 42.8 Å². The highest BCUT2D eigenvalue weighted by atomic mass is 35.5. The lowest BCUT2D eigenvalue weighted by molar-refractivity contribution is -0.121. The minimum Gasteiger partial charge on any atom is -0.371 e. The van der Waals surface area contributed by atoms with E-state index in [0.29, 0.717) is 23.2 Å². The molecule has 1 fully saturated rings. The highest BCUT2D eigenvalue weighted by Crippen LogP contribution is 2.35. The Balaban J connectivity index is 1.48. The van der Waals surface area contributed by atoms with E-state index in [4.69, 9.17) is 16.3 Å². The molecule has 6 nitrogen and oxygen atoms in total. The molecule has 26 heavy (non-hydrogen) atoms. The first-order chi connectivity index (χ1) is 12.6. The maximum absolute atomic E-state index is 12.8. The molecule has 1 saturated heterocycles. The van der Waals surface area contributed by atoms with Gasteiger partial charge in [-0.25, -0.2) is 4.98 Å². The van der Waals surface area contributed by atoms with Gasteiger partial charge < -0.3 is 10.1 Å². The summed E-state index contributed by atoms with van der Waals surface area (Å²) in [4.78, 5) is 17.3. The summed E-state index contributed by atoms with van der Waals surface area (Å²) in [5.41, 5.74) is 2.68. The van der Waals surface area contributed by atoms with E-state index in [-0.39, 0.29) is 17.9 Å². The number of hydrogen-bond donors (Lipinski definition) is 1. The van der Waals surface area contributed by atoms with Crippen molar-refractivity contribution in [3.8, 4) is 11.3 Å². The van der Waals surface area contributed by atoms with E-state index < -0.39 is 0 Å². The fraction of sp³-hybridized carbons (Fsp3) is 0.278. The minimum absolute atomic E-state index is 0.0780. The first kappa shape index (κ1) is 17.2. The number of nitrogens with one attached hydrogen (secondary N) is 1. The fourth-order valence-corrected chi connectivity index (χ4v) is 3.94. The Kier molecular flexibility index (Phi) is 4.76. The first-order valence-electron chi connectivity index (χ1n) is 8.23. The van der Waals surface area contributed by atoms with E-state index in [2.05, 4.69) is 15.4 Å². The number of carbonyl (C=O) groups is 1. The average molecular weight is 389 g/mol. The molecular weight excluding hydrogens is 372 g/mol. The van der Waals surface area contributed by atoms with Crippen LogP contribution in [0.1, 0.15) is 18.2 Å². The fourth-order valence-electron chi connectivity index (χ4n) is 3.10. The molecule has 134 valence electrons. The highest BCUT2D eigenvalue weighted by Gasteiger charge is 2.37. The summed E-state index contributed by atoms with van der Waals surface area (Å²) in [6.07, 6.45) is 2.11. The van der Waals surface area contributed by atoms with Gasteiger partial charge in [0.2, 0.25) is 5.91 Å². The molecule has 0 spiro atoms. The molecule has 4 rings (SSSR count). The number of rotatable bonds is 4. The summed E-state index contributed by atoms with van der Waals surface area (Å²) in [6, 6.07) is 9.35. The summed E-state index contributed by atoms with van der Waals surface area (Å²) >= 11 is 7.32. The Hall–Kier alpha value is -2.22. The monoisotopic (exact) mass is 388 g/mol. The first-order valence-corrected chi connectivity index (χ1v) is 9.49. The van der Waals surface area contributed by atoms with E-state index in [1.54, 1.807) is 10.9 Å². The van der Waals surface area contributed by atoms with Crippen LogP contribution in [0.25, 0.3) is 11.3 Å². The summed E-state index contributed by atoms with van der Waals surface area (Å²) < 4.78 is 7.53. The molecule has 2 atom stereocenters. The second-order valence-corrected chi connectivity index (χ2v) is 7.39. The molecule has 1 N–H and O–H groups in total. The Morgan fingerprint density at radius 2 is 2.15 bits per heavy atom. The Morgan fingerprint density at radius 3 is 2.88 bits per heavy atom. The maximum Gasteiger partial charge on any atom is 0.232 e. The molecule has 3 heterocycles. The number of carbonyl (C=O) groups excluding carboxylic acids is 1. The van der Waals surface area contributed by atoms with Crippen molar-refractivity contribution in [2.24, 2.45) is 13.0 Å². The van der Waals surface area contributed by atoms with Gasteiger partial charge in [-0.2, -0.15) is 5.10 Å². The normalized spacial score (nSPS) is 19.6. The molecule has 1 aliphatic heterocycles. The van der Waals surface area contributed by atoms with Crippen molar-refractivity contribution in [1.82, 2.24) is 14.8 Å². The second kappa shape index (κ2) is 7.19. The van der Waals surface area contributed by atoms with Crippen LogP contribution < -0.4 is 5.32 Å². The van der Waals surface area contributed by atoms with E-state index in [0.717, 1.165) is 17.0 Å². The molecule has 0 bridgehead atoms. The van der Waals surface area contributed by atoms with Crippen LogP contribution in [0.4, 0.5) is 5.13 Å². The molecular formula is C18H17ClN4O2S. The molecule has 3 aromatic rings. The van der Waals surface area contributed by atoms with Crippen molar-refractivity contribution in [2.45, 2.75) is 12.5 Å². The van der Waals surface area contributed by atoms with Crippen LogP contribution in [0, 0.1) is 5.92 Å². The van der Waals surface area contributed by atoms with Crippen molar-refractivity contribution in [2.75, 3.05) is 11.9 Å². The molecule has 2 aromatic heterocycles. The third kappa shape index (κ3) is 3.38. The molecule has 1 amide bonds. The van der Waals surface area contributed by atoms with Crippen molar-refractivity contribution in [3.05, 3.63) is 52.6 Å². The van der Waals surface area contributed by atoms with Crippen LogP contribution in [0.15, 0.2) is 41.9 Å². The van der Waals surface area contributed by atoms with Crippen molar-refractivity contribution < 1.29 is 9.53 Å². The molecule has 1 aromatic carbocycles. The number of aryl methyl sites for hydroxylation is 1. The Bertz CT molecular complexity index is 921. The Morgan fingerprint density at radius 1 is 1.35 bits per heavy atom. The number of amides is 1. The number of anilines is 1. The van der Waals surface area contributed by atoms with Crippen LogP contribution >= 0.6 is 22.9 Å². The van der Waals surface area contributed by atoms with Crippen LogP contribution in [-0.4, -0.2) is 27.3 Å². The standard InChI is InChI=1S/C18H17ClN4O2S/c1-23-15(6-8-20-23)16-13(7-9-25-16)17(24)22-18-21-14(10-26-18)11-2-4-12(19)5-3-11/h2-6,8,10,13,16H,7,9H2,1H3,(H,21,22,24)/t13-,16-/m1/s1. The lowest BCUT2D eigenvalue weighted by atomic mass is 9.98. The SMILES string of the molecule is Cn1nccc1[C@@H]1OCC[C@H]1C(=O)Nc1nc(-c2ccc(Cl)cc2)cs1. The number of nitrogens with zero attached hydrogens (tertiary/aromatic N) is 3. The molecule has 0 aliphatic carbocycles. The quantitative estimate of drug-likeness (QED) is 0.735. The van der Waals surface area contributed by atoms with E-state index >= 15 is 0 Å². The zero-order valence-corrected chi connectivity index (χ0v) is 15.6. The van der Waals surface area contributed by atoms with Crippen LogP contribution in [0.2, 0.25) is 5.02 Å². The van der Waals surface area contributed by atoms with E-state index in [1.165, 1.54) is 11.3 Å². The van der Waals surface area contributed by atoms with Gasteiger partial charge in [0.25, 0.3) is 0 Å². The number of ether oxygens (including phenoxy) is 1. The number of benzene rings is 1. The average Bonchev–Trinajstić information content (AvgIpc) is 3.35. The van der Waals surface area contributed by atoms with Gasteiger partial charge in [0.1, 0.15) is 6.10 Å². The Labute approximate surface area is 159 Å². The van der Waals surface area contributed by atoms with Crippen molar-refractivity contribution >= 4 is 34.0 Å². The van der Waals surface area contributed by atoms with Gasteiger partial charge in [-0.3, -0.25) is 9.48 Å². The molecule has 8 heteroatoms. The summed E-state index contributed by atoms with van der Waals surface area (Å²) in [6.45, 7) is 0.557. The van der Waals surface area contributed by atoms with Crippen LogP contribution in [0.3, 0.4) is 0 Å². The summed E-state index contributed by atoms with van der Waals surface area (Å²) in [5.74, 6) is -0.334. The number of aromatic nitrogens is 3. The maximum atomic E-state index is 12.8. The largest absolute Gasteiger partial charge is 0.371 e. The topological polar surface area (TPSA) is 69.0 Å². The van der Waals surface area contributed by atoms with Crippen molar-refractivity contribution in [1.29, 1.82) is 0 Å². The number of thiazole rings is 1. The van der Waals surface area contributed by atoms with Gasteiger partial charge in [-0.15, -0.1) is 11.3 Å². The second-order valence-electron chi connectivity index (χ2n) is 6.10. The summed E-state index contributed by atoms with van der Waals surface area (Å²) in [5, 5.41) is 10.3. The molecule has 0 unspecified atom stereocenters. The molecule has 0 saturated carbocycles. The smallest absolute Gasteiger partial charge is 0.232 e. The lowest BCUT2D eigenvalue weighted by Gasteiger charge is -2.17. The number of halogens is 1.